The zero-order valence-electron chi connectivity index (χ0n) is 9.27. The average molecular weight is 211 g/mol. The minimum absolute atomic E-state index is 0.245. The summed E-state index contributed by atoms with van der Waals surface area (Å²) >= 11 is 0. The van der Waals surface area contributed by atoms with Gasteiger partial charge in [-0.3, -0.25) is 4.90 Å². The van der Waals surface area contributed by atoms with E-state index in [1.807, 2.05) is 0 Å². The van der Waals surface area contributed by atoms with Gasteiger partial charge in [0.15, 0.2) is 0 Å². The lowest BCUT2D eigenvalue weighted by Gasteiger charge is -2.24. The molecule has 0 aromatic heterocycles. The van der Waals surface area contributed by atoms with Crippen molar-refractivity contribution in [1.29, 1.82) is 0 Å². The predicted octanol–water partition coefficient (Wildman–Crippen LogP) is 0.868. The molecule has 15 heavy (non-hydrogen) atoms. The molecule has 3 aliphatic rings. The van der Waals surface area contributed by atoms with Gasteiger partial charge in [0.25, 0.3) is 0 Å². The molecular formula is C12H21NO2. The van der Waals surface area contributed by atoms with Crippen molar-refractivity contribution in [1.82, 2.24) is 4.90 Å². The van der Waals surface area contributed by atoms with Crippen molar-refractivity contribution in [2.24, 2.45) is 11.8 Å². The van der Waals surface area contributed by atoms with E-state index in [4.69, 9.17) is 4.74 Å². The third-order valence-electron chi connectivity index (χ3n) is 4.49. The van der Waals surface area contributed by atoms with Gasteiger partial charge in [-0.2, -0.15) is 0 Å². The Labute approximate surface area is 91.4 Å². The van der Waals surface area contributed by atoms with Crippen LogP contribution in [-0.2, 0) is 4.74 Å². The molecule has 0 aromatic carbocycles. The molecule has 3 nitrogen and oxygen atoms in total. The molecule has 2 unspecified atom stereocenters. The molecule has 0 aromatic rings. The van der Waals surface area contributed by atoms with Gasteiger partial charge < -0.3 is 9.84 Å². The molecule has 0 bridgehead atoms. The number of hydrogen-bond acceptors (Lipinski definition) is 3. The molecule has 2 heterocycles. The summed E-state index contributed by atoms with van der Waals surface area (Å²) < 4.78 is 5.34. The Bertz CT molecular complexity index is 220. The summed E-state index contributed by atoms with van der Waals surface area (Å²) in [6.07, 6.45) is 5.40. The molecule has 3 fully saturated rings. The van der Waals surface area contributed by atoms with Crippen molar-refractivity contribution in [3.05, 3.63) is 0 Å². The van der Waals surface area contributed by atoms with Gasteiger partial charge in [0.2, 0.25) is 0 Å². The quantitative estimate of drug-likeness (QED) is 0.698. The highest BCUT2D eigenvalue weighted by molar-refractivity contribution is 4.93. The molecule has 2 aliphatic heterocycles. The van der Waals surface area contributed by atoms with E-state index in [1.54, 1.807) is 0 Å². The maximum Gasteiger partial charge on any atom is 0.0950 e. The Hall–Kier alpha value is -0.120. The fourth-order valence-electron chi connectivity index (χ4n) is 3.59. The maximum absolute atomic E-state index is 9.82. The Morgan fingerprint density at radius 3 is 2.20 bits per heavy atom. The standard InChI is InChI=1S/C12H21NO2/c14-12-8-15-7-11(12)13-5-9-3-1-2-4-10(9)6-13/h9-12,14H,1-8H2/t9?,10?,11-,12-/m0/s1. The van der Waals surface area contributed by atoms with Gasteiger partial charge in [0, 0.05) is 13.1 Å². The Balaban J connectivity index is 1.64. The van der Waals surface area contributed by atoms with Crippen molar-refractivity contribution in [2.45, 2.75) is 37.8 Å². The summed E-state index contributed by atoms with van der Waals surface area (Å²) in [5.41, 5.74) is 0. The summed E-state index contributed by atoms with van der Waals surface area (Å²) in [6.45, 7) is 3.68. The number of aliphatic hydroxyl groups is 1. The highest BCUT2D eigenvalue weighted by Crippen LogP contribution is 2.37. The lowest BCUT2D eigenvalue weighted by atomic mass is 9.82. The van der Waals surface area contributed by atoms with Crippen LogP contribution in [0, 0.1) is 11.8 Å². The zero-order valence-corrected chi connectivity index (χ0v) is 9.27. The van der Waals surface area contributed by atoms with E-state index in [0.29, 0.717) is 6.61 Å². The number of aliphatic hydroxyl groups excluding tert-OH is 1. The third kappa shape index (κ3) is 1.81. The average Bonchev–Trinajstić information content (AvgIpc) is 2.82. The van der Waals surface area contributed by atoms with E-state index in [2.05, 4.69) is 4.90 Å². The normalized spacial score (nSPS) is 47.0. The minimum Gasteiger partial charge on any atom is -0.389 e. The van der Waals surface area contributed by atoms with Crippen LogP contribution < -0.4 is 0 Å². The molecule has 1 saturated carbocycles. The summed E-state index contributed by atoms with van der Waals surface area (Å²) in [5.74, 6) is 1.82. The summed E-state index contributed by atoms with van der Waals surface area (Å²) in [6, 6.07) is 0.288. The largest absolute Gasteiger partial charge is 0.389 e. The molecule has 1 N–H and O–H groups in total. The number of nitrogens with zero attached hydrogens (tertiary/aromatic N) is 1. The van der Waals surface area contributed by atoms with E-state index < -0.39 is 0 Å². The van der Waals surface area contributed by atoms with Crippen LogP contribution in [0.3, 0.4) is 0 Å². The number of fused-ring (bicyclic) bond motifs is 1. The molecule has 0 radical (unpaired) electrons. The summed E-state index contributed by atoms with van der Waals surface area (Å²) in [7, 11) is 0. The Morgan fingerprint density at radius 1 is 1.00 bits per heavy atom. The number of rotatable bonds is 1. The van der Waals surface area contributed by atoms with Crippen molar-refractivity contribution in [3.63, 3.8) is 0 Å². The molecular weight excluding hydrogens is 190 g/mol. The van der Waals surface area contributed by atoms with Gasteiger partial charge in [-0.15, -0.1) is 0 Å². The van der Waals surface area contributed by atoms with Crippen LogP contribution in [-0.4, -0.2) is 48.5 Å². The van der Waals surface area contributed by atoms with Gasteiger partial charge in [-0.1, -0.05) is 12.8 Å². The zero-order chi connectivity index (χ0) is 10.3. The second-order valence-electron chi connectivity index (χ2n) is 5.43. The van der Waals surface area contributed by atoms with E-state index in [9.17, 15) is 5.11 Å². The summed E-state index contributed by atoms with van der Waals surface area (Å²) in [5, 5.41) is 9.82. The Morgan fingerprint density at radius 2 is 1.67 bits per heavy atom. The first-order valence-electron chi connectivity index (χ1n) is 6.34. The van der Waals surface area contributed by atoms with Crippen molar-refractivity contribution in [2.75, 3.05) is 26.3 Å². The fraction of sp³-hybridized carbons (Fsp3) is 1.00. The topological polar surface area (TPSA) is 32.7 Å². The maximum atomic E-state index is 9.82. The minimum atomic E-state index is -0.245. The van der Waals surface area contributed by atoms with E-state index in [0.717, 1.165) is 18.4 Å². The van der Waals surface area contributed by atoms with E-state index in [1.165, 1.54) is 38.8 Å². The van der Waals surface area contributed by atoms with Gasteiger partial charge in [-0.05, 0) is 24.7 Å². The van der Waals surface area contributed by atoms with E-state index in [-0.39, 0.29) is 12.1 Å². The number of hydrogen-bond donors (Lipinski definition) is 1. The first-order chi connectivity index (χ1) is 7.34. The Kier molecular flexibility index (Phi) is 2.71. The van der Waals surface area contributed by atoms with Crippen LogP contribution in [0.5, 0.6) is 0 Å². The lowest BCUT2D eigenvalue weighted by Crippen LogP contribution is -2.41. The molecule has 0 spiro atoms. The van der Waals surface area contributed by atoms with Gasteiger partial charge in [0.1, 0.15) is 0 Å². The van der Waals surface area contributed by atoms with Crippen molar-refractivity contribution >= 4 is 0 Å². The lowest BCUT2D eigenvalue weighted by molar-refractivity contribution is 0.0920. The van der Waals surface area contributed by atoms with Crippen molar-refractivity contribution < 1.29 is 9.84 Å². The van der Waals surface area contributed by atoms with Crippen LogP contribution in [0.4, 0.5) is 0 Å². The smallest absolute Gasteiger partial charge is 0.0950 e. The molecule has 0 amide bonds. The third-order valence-corrected chi connectivity index (χ3v) is 4.49. The van der Waals surface area contributed by atoms with Crippen LogP contribution in [0.2, 0.25) is 0 Å². The van der Waals surface area contributed by atoms with Gasteiger partial charge in [-0.25, -0.2) is 0 Å². The van der Waals surface area contributed by atoms with Crippen LogP contribution in [0.15, 0.2) is 0 Å². The SMILES string of the molecule is O[C@H]1COC[C@@H]1N1CC2CCCCC2C1. The second kappa shape index (κ2) is 4.04. The predicted molar refractivity (Wildman–Crippen MR) is 57.6 cm³/mol. The monoisotopic (exact) mass is 211 g/mol. The second-order valence-corrected chi connectivity index (χ2v) is 5.43. The first kappa shape index (κ1) is 10.1. The molecule has 1 aliphatic carbocycles. The fourth-order valence-corrected chi connectivity index (χ4v) is 3.59. The number of likely N-dealkylation sites (tertiary alicyclic amines) is 1. The number of ether oxygens (including phenoxy) is 1. The molecule has 3 rings (SSSR count). The molecule has 4 atom stereocenters. The summed E-state index contributed by atoms with van der Waals surface area (Å²) in [4.78, 5) is 2.48. The highest BCUT2D eigenvalue weighted by Gasteiger charge is 2.40. The van der Waals surface area contributed by atoms with E-state index >= 15 is 0 Å². The molecule has 3 heteroatoms. The highest BCUT2D eigenvalue weighted by atomic mass is 16.5. The van der Waals surface area contributed by atoms with Crippen molar-refractivity contribution in [3.8, 4) is 0 Å². The van der Waals surface area contributed by atoms with Crippen LogP contribution in [0.1, 0.15) is 25.7 Å². The van der Waals surface area contributed by atoms with Crippen LogP contribution >= 0.6 is 0 Å². The van der Waals surface area contributed by atoms with Crippen LogP contribution in [0.25, 0.3) is 0 Å². The first-order valence-corrected chi connectivity index (χ1v) is 6.34. The molecule has 2 saturated heterocycles. The van der Waals surface area contributed by atoms with Gasteiger partial charge in [0.05, 0.1) is 25.4 Å². The molecule has 86 valence electrons. The van der Waals surface area contributed by atoms with Gasteiger partial charge >= 0.3 is 0 Å².